The quantitative estimate of drug-likeness (QED) is 0.584. The van der Waals surface area contributed by atoms with Crippen LogP contribution in [0.4, 0.5) is 13.2 Å². The molecule has 7 heteroatoms. The normalized spacial score (nSPS) is 16.5. The van der Waals surface area contributed by atoms with E-state index in [1.54, 1.807) is 5.43 Å². The highest BCUT2D eigenvalue weighted by Crippen LogP contribution is 2.28. The molecule has 0 saturated heterocycles. The average molecular weight is 196 g/mol. The SMILES string of the molecule is O=C(NNC(=O)C(F)(F)F)C1CC1. The fraction of sp³-hybridized carbons (Fsp3) is 0.667. The third-order valence-electron chi connectivity index (χ3n) is 1.50. The second-order valence-corrected chi connectivity index (χ2v) is 2.72. The Labute approximate surface area is 71.4 Å². The topological polar surface area (TPSA) is 58.2 Å². The van der Waals surface area contributed by atoms with Crippen molar-refractivity contribution in [3.05, 3.63) is 0 Å². The Kier molecular flexibility index (Phi) is 2.44. The van der Waals surface area contributed by atoms with Crippen LogP contribution in [0.3, 0.4) is 0 Å². The van der Waals surface area contributed by atoms with Crippen LogP contribution in [0.1, 0.15) is 12.8 Å². The molecule has 0 bridgehead atoms. The zero-order valence-corrected chi connectivity index (χ0v) is 6.44. The van der Waals surface area contributed by atoms with Crippen molar-refractivity contribution in [2.45, 2.75) is 19.0 Å². The number of halogens is 3. The van der Waals surface area contributed by atoms with E-state index in [9.17, 15) is 22.8 Å². The van der Waals surface area contributed by atoms with Gasteiger partial charge in [-0.3, -0.25) is 20.4 Å². The molecule has 0 unspecified atom stereocenters. The highest BCUT2D eigenvalue weighted by atomic mass is 19.4. The molecule has 4 nitrogen and oxygen atoms in total. The second-order valence-electron chi connectivity index (χ2n) is 2.72. The summed E-state index contributed by atoms with van der Waals surface area (Å²) >= 11 is 0. The first kappa shape index (κ1) is 9.82. The molecule has 0 aromatic rings. The van der Waals surface area contributed by atoms with E-state index >= 15 is 0 Å². The largest absolute Gasteiger partial charge is 0.472 e. The van der Waals surface area contributed by atoms with Crippen molar-refractivity contribution in [2.75, 3.05) is 0 Å². The van der Waals surface area contributed by atoms with Crippen LogP contribution in [0, 0.1) is 5.92 Å². The van der Waals surface area contributed by atoms with Crippen molar-refractivity contribution in [2.24, 2.45) is 5.92 Å². The molecule has 1 aliphatic carbocycles. The minimum absolute atomic E-state index is 0.242. The fourth-order valence-electron chi connectivity index (χ4n) is 0.637. The molecule has 0 heterocycles. The van der Waals surface area contributed by atoms with Gasteiger partial charge in [0, 0.05) is 5.92 Å². The number of rotatable bonds is 1. The third-order valence-corrected chi connectivity index (χ3v) is 1.50. The van der Waals surface area contributed by atoms with E-state index in [-0.39, 0.29) is 5.92 Å². The molecule has 1 aliphatic rings. The van der Waals surface area contributed by atoms with Crippen LogP contribution < -0.4 is 10.9 Å². The van der Waals surface area contributed by atoms with E-state index in [1.165, 1.54) is 5.43 Å². The number of alkyl halides is 3. The van der Waals surface area contributed by atoms with Crippen molar-refractivity contribution < 1.29 is 22.8 Å². The number of hydrazine groups is 1. The molecule has 1 rings (SSSR count). The van der Waals surface area contributed by atoms with E-state index < -0.39 is 18.0 Å². The predicted molar refractivity (Wildman–Crippen MR) is 35.1 cm³/mol. The molecule has 0 radical (unpaired) electrons. The van der Waals surface area contributed by atoms with Gasteiger partial charge < -0.3 is 0 Å². The van der Waals surface area contributed by atoms with Crippen molar-refractivity contribution in [3.8, 4) is 0 Å². The zero-order chi connectivity index (χ0) is 10.1. The van der Waals surface area contributed by atoms with Crippen molar-refractivity contribution >= 4 is 11.8 Å². The lowest BCUT2D eigenvalue weighted by atomic mass is 10.4. The molecule has 74 valence electrons. The highest BCUT2D eigenvalue weighted by Gasteiger charge is 2.39. The van der Waals surface area contributed by atoms with E-state index in [1.807, 2.05) is 0 Å². The van der Waals surface area contributed by atoms with E-state index in [0.29, 0.717) is 12.8 Å². The van der Waals surface area contributed by atoms with E-state index in [4.69, 9.17) is 0 Å². The molecular formula is C6H7F3N2O2. The lowest BCUT2D eigenvalue weighted by Crippen LogP contribution is -2.48. The molecular weight excluding hydrogens is 189 g/mol. The Balaban J connectivity index is 2.25. The minimum Gasteiger partial charge on any atom is -0.273 e. The Morgan fingerprint density at radius 1 is 1.15 bits per heavy atom. The van der Waals surface area contributed by atoms with Crippen LogP contribution in [0.25, 0.3) is 0 Å². The number of hydrogen-bond acceptors (Lipinski definition) is 2. The Bertz CT molecular complexity index is 235. The lowest BCUT2D eigenvalue weighted by molar-refractivity contribution is -0.175. The fourth-order valence-corrected chi connectivity index (χ4v) is 0.637. The third kappa shape index (κ3) is 2.92. The minimum atomic E-state index is -4.96. The molecule has 1 saturated carbocycles. The van der Waals surface area contributed by atoms with Crippen LogP contribution in [-0.2, 0) is 9.59 Å². The van der Waals surface area contributed by atoms with Crippen LogP contribution in [0.5, 0.6) is 0 Å². The van der Waals surface area contributed by atoms with Crippen molar-refractivity contribution in [1.82, 2.24) is 10.9 Å². The average Bonchev–Trinajstić information content (AvgIpc) is 2.79. The summed E-state index contributed by atoms with van der Waals surface area (Å²) in [7, 11) is 0. The number of hydrogen-bond donors (Lipinski definition) is 2. The van der Waals surface area contributed by atoms with Gasteiger partial charge >= 0.3 is 12.1 Å². The van der Waals surface area contributed by atoms with Gasteiger partial charge in [0.2, 0.25) is 5.91 Å². The standard InChI is InChI=1S/C6H7F3N2O2/c7-6(8,9)5(13)11-10-4(12)3-1-2-3/h3H,1-2H2,(H,10,12)(H,11,13). The first-order valence-corrected chi connectivity index (χ1v) is 3.58. The van der Waals surface area contributed by atoms with Gasteiger partial charge in [-0.05, 0) is 12.8 Å². The van der Waals surface area contributed by atoms with Gasteiger partial charge in [0.05, 0.1) is 0 Å². The highest BCUT2D eigenvalue weighted by molar-refractivity contribution is 5.86. The molecule has 0 atom stereocenters. The number of nitrogens with one attached hydrogen (secondary N) is 2. The molecule has 13 heavy (non-hydrogen) atoms. The van der Waals surface area contributed by atoms with Crippen LogP contribution in [0.15, 0.2) is 0 Å². The lowest BCUT2D eigenvalue weighted by Gasteiger charge is -2.08. The Hall–Kier alpha value is -1.27. The maximum absolute atomic E-state index is 11.6. The Morgan fingerprint density at radius 3 is 2.08 bits per heavy atom. The molecule has 0 aliphatic heterocycles. The molecule has 0 aromatic carbocycles. The molecule has 2 N–H and O–H groups in total. The van der Waals surface area contributed by atoms with Gasteiger partial charge in [0.1, 0.15) is 0 Å². The summed E-state index contributed by atoms with van der Waals surface area (Å²) in [5.74, 6) is -2.98. The van der Waals surface area contributed by atoms with Crippen LogP contribution >= 0.6 is 0 Å². The predicted octanol–water partition coefficient (Wildman–Crippen LogP) is 0.106. The summed E-state index contributed by atoms with van der Waals surface area (Å²) in [4.78, 5) is 20.9. The maximum Gasteiger partial charge on any atom is 0.472 e. The molecule has 0 aromatic heterocycles. The van der Waals surface area contributed by atoms with Crippen LogP contribution in [0.2, 0.25) is 0 Å². The summed E-state index contributed by atoms with van der Waals surface area (Å²) in [6.07, 6.45) is -3.64. The number of carbonyl (C=O) groups is 2. The van der Waals surface area contributed by atoms with E-state index in [2.05, 4.69) is 0 Å². The van der Waals surface area contributed by atoms with Gasteiger partial charge in [-0.1, -0.05) is 0 Å². The molecule has 0 spiro atoms. The van der Waals surface area contributed by atoms with Gasteiger partial charge in [-0.15, -0.1) is 0 Å². The van der Waals surface area contributed by atoms with Gasteiger partial charge in [-0.25, -0.2) is 0 Å². The molecule has 1 fully saturated rings. The Morgan fingerprint density at radius 2 is 1.69 bits per heavy atom. The van der Waals surface area contributed by atoms with Crippen LogP contribution in [-0.4, -0.2) is 18.0 Å². The van der Waals surface area contributed by atoms with Gasteiger partial charge in [0.15, 0.2) is 0 Å². The summed E-state index contributed by atoms with van der Waals surface area (Å²) < 4.78 is 34.7. The molecule has 2 amide bonds. The van der Waals surface area contributed by atoms with Crippen molar-refractivity contribution in [1.29, 1.82) is 0 Å². The summed E-state index contributed by atoms with van der Waals surface area (Å²) in [6, 6.07) is 0. The summed E-state index contributed by atoms with van der Waals surface area (Å²) in [5.41, 5.74) is 2.97. The monoisotopic (exact) mass is 196 g/mol. The second kappa shape index (κ2) is 3.23. The maximum atomic E-state index is 11.6. The summed E-state index contributed by atoms with van der Waals surface area (Å²) in [5, 5.41) is 0. The van der Waals surface area contributed by atoms with Gasteiger partial charge in [0.25, 0.3) is 0 Å². The van der Waals surface area contributed by atoms with Gasteiger partial charge in [-0.2, -0.15) is 13.2 Å². The summed E-state index contributed by atoms with van der Waals surface area (Å²) in [6.45, 7) is 0. The first-order chi connectivity index (χ1) is 5.91. The number of carbonyl (C=O) groups excluding carboxylic acids is 2. The van der Waals surface area contributed by atoms with Crippen molar-refractivity contribution in [3.63, 3.8) is 0 Å². The number of amides is 2. The van der Waals surface area contributed by atoms with E-state index in [0.717, 1.165) is 0 Å². The first-order valence-electron chi connectivity index (χ1n) is 3.58. The smallest absolute Gasteiger partial charge is 0.273 e. The zero-order valence-electron chi connectivity index (χ0n) is 6.44.